The number of methoxy groups -OCH3 is 1. The molecule has 0 aliphatic heterocycles. The first kappa shape index (κ1) is 13.9. The van der Waals surface area contributed by atoms with Gasteiger partial charge in [0.1, 0.15) is 0 Å². The van der Waals surface area contributed by atoms with Crippen LogP contribution in [0.2, 0.25) is 0 Å². The predicted molar refractivity (Wildman–Crippen MR) is 82.6 cm³/mol. The summed E-state index contributed by atoms with van der Waals surface area (Å²) in [5.41, 5.74) is 4.00. The minimum atomic E-state index is -0.471. The van der Waals surface area contributed by atoms with Gasteiger partial charge in [-0.3, -0.25) is 5.32 Å². The number of ether oxygens (including phenoxy) is 1. The van der Waals surface area contributed by atoms with Crippen molar-refractivity contribution in [1.29, 1.82) is 0 Å². The maximum atomic E-state index is 11.3. The molecule has 0 aliphatic carbocycles. The van der Waals surface area contributed by atoms with E-state index in [-0.39, 0.29) is 0 Å². The number of nitrogens with one attached hydrogen (secondary N) is 1. The Hall–Kier alpha value is -2.55. The second-order valence-corrected chi connectivity index (χ2v) is 4.45. The number of hydrogen-bond acceptors (Lipinski definition) is 2. The minimum Gasteiger partial charge on any atom is -0.453 e. The number of anilines is 1. The van der Waals surface area contributed by atoms with Crippen LogP contribution in [0.1, 0.15) is 16.7 Å². The van der Waals surface area contributed by atoms with E-state index in [1.807, 2.05) is 36.4 Å². The summed E-state index contributed by atoms with van der Waals surface area (Å²) >= 11 is 0. The highest BCUT2D eigenvalue weighted by atomic mass is 16.5. The van der Waals surface area contributed by atoms with Crippen molar-refractivity contribution >= 4 is 23.9 Å². The number of carbonyl (C=O) groups excluding carboxylic acids is 1. The standard InChI is InChI=1S/C17H17NO2/c1-13-7-9-14(10-8-13)11-12-15-5-3-4-6-16(15)18-17(19)20-2/h3-12H,1-2H3,(H,18,19)/b12-11+. The second kappa shape index (κ2) is 6.57. The molecule has 1 amide bonds. The molecule has 0 radical (unpaired) electrons. The quantitative estimate of drug-likeness (QED) is 0.840. The average Bonchev–Trinajstić information content (AvgIpc) is 2.48. The maximum absolute atomic E-state index is 11.3. The molecule has 0 atom stereocenters. The topological polar surface area (TPSA) is 38.3 Å². The van der Waals surface area contributed by atoms with E-state index in [4.69, 9.17) is 0 Å². The summed E-state index contributed by atoms with van der Waals surface area (Å²) in [6.45, 7) is 2.06. The van der Waals surface area contributed by atoms with Crippen LogP contribution < -0.4 is 5.32 Å². The molecule has 0 unspecified atom stereocenters. The van der Waals surface area contributed by atoms with Crippen molar-refractivity contribution in [2.24, 2.45) is 0 Å². The smallest absolute Gasteiger partial charge is 0.411 e. The van der Waals surface area contributed by atoms with E-state index >= 15 is 0 Å². The fraction of sp³-hybridized carbons (Fsp3) is 0.118. The van der Waals surface area contributed by atoms with Gasteiger partial charge in [0.2, 0.25) is 0 Å². The summed E-state index contributed by atoms with van der Waals surface area (Å²) in [5.74, 6) is 0. The lowest BCUT2D eigenvalue weighted by atomic mass is 10.1. The third-order valence-corrected chi connectivity index (χ3v) is 2.92. The molecule has 0 saturated carbocycles. The molecule has 0 aromatic heterocycles. The number of benzene rings is 2. The summed E-state index contributed by atoms with van der Waals surface area (Å²) in [5, 5.41) is 2.69. The van der Waals surface area contributed by atoms with Gasteiger partial charge in [-0.15, -0.1) is 0 Å². The lowest BCUT2D eigenvalue weighted by molar-refractivity contribution is 0.187. The second-order valence-electron chi connectivity index (χ2n) is 4.45. The Morgan fingerprint density at radius 1 is 1.05 bits per heavy atom. The van der Waals surface area contributed by atoms with E-state index in [1.165, 1.54) is 12.7 Å². The zero-order valence-corrected chi connectivity index (χ0v) is 11.6. The first-order valence-corrected chi connectivity index (χ1v) is 6.38. The minimum absolute atomic E-state index is 0.471. The van der Waals surface area contributed by atoms with E-state index in [0.29, 0.717) is 0 Å². The fourth-order valence-electron chi connectivity index (χ4n) is 1.78. The number of para-hydroxylation sites is 1. The molecule has 20 heavy (non-hydrogen) atoms. The van der Waals surface area contributed by atoms with Gasteiger partial charge >= 0.3 is 6.09 Å². The van der Waals surface area contributed by atoms with Crippen molar-refractivity contribution < 1.29 is 9.53 Å². The highest BCUT2D eigenvalue weighted by Crippen LogP contribution is 2.18. The molecular weight excluding hydrogens is 250 g/mol. The molecule has 2 aromatic rings. The number of aryl methyl sites for hydroxylation is 1. The molecule has 0 fully saturated rings. The van der Waals surface area contributed by atoms with Crippen LogP contribution in [-0.4, -0.2) is 13.2 Å². The first-order valence-electron chi connectivity index (χ1n) is 6.38. The van der Waals surface area contributed by atoms with Crippen molar-refractivity contribution in [2.45, 2.75) is 6.92 Å². The molecule has 3 heteroatoms. The predicted octanol–water partition coefficient (Wildman–Crippen LogP) is 4.34. The largest absolute Gasteiger partial charge is 0.453 e. The number of hydrogen-bond donors (Lipinski definition) is 1. The summed E-state index contributed by atoms with van der Waals surface area (Å²) in [7, 11) is 1.35. The molecule has 0 heterocycles. The van der Waals surface area contributed by atoms with Crippen LogP contribution in [0.5, 0.6) is 0 Å². The average molecular weight is 267 g/mol. The molecule has 0 aliphatic rings. The molecule has 0 bridgehead atoms. The Balaban J connectivity index is 2.20. The number of amides is 1. The van der Waals surface area contributed by atoms with Gasteiger partial charge in [-0.1, -0.05) is 60.2 Å². The SMILES string of the molecule is COC(=O)Nc1ccccc1/C=C/c1ccc(C)cc1. The summed E-state index contributed by atoms with van der Waals surface area (Å²) in [6.07, 6.45) is 3.51. The van der Waals surface area contributed by atoms with Crippen LogP contribution in [-0.2, 0) is 4.74 Å². The highest BCUT2D eigenvalue weighted by molar-refractivity contribution is 5.89. The third kappa shape index (κ3) is 3.72. The molecule has 0 saturated heterocycles. The van der Waals surface area contributed by atoms with E-state index in [2.05, 4.69) is 41.2 Å². The fourth-order valence-corrected chi connectivity index (χ4v) is 1.78. The van der Waals surface area contributed by atoms with Crippen molar-refractivity contribution in [3.8, 4) is 0 Å². The Kier molecular flexibility index (Phi) is 4.56. The van der Waals surface area contributed by atoms with Crippen molar-refractivity contribution in [3.63, 3.8) is 0 Å². The van der Waals surface area contributed by atoms with Gasteiger partial charge < -0.3 is 4.74 Å². The Bertz CT molecular complexity index is 615. The number of rotatable bonds is 3. The zero-order chi connectivity index (χ0) is 14.4. The zero-order valence-electron chi connectivity index (χ0n) is 11.6. The molecular formula is C17H17NO2. The van der Waals surface area contributed by atoms with E-state index in [0.717, 1.165) is 16.8 Å². The molecule has 2 aromatic carbocycles. The Labute approximate surface area is 118 Å². The highest BCUT2D eigenvalue weighted by Gasteiger charge is 2.03. The van der Waals surface area contributed by atoms with Crippen LogP contribution >= 0.6 is 0 Å². The van der Waals surface area contributed by atoms with Crippen LogP contribution in [0.4, 0.5) is 10.5 Å². The summed E-state index contributed by atoms with van der Waals surface area (Å²) < 4.78 is 4.61. The summed E-state index contributed by atoms with van der Waals surface area (Å²) in [4.78, 5) is 11.3. The normalized spacial score (nSPS) is 10.5. The molecule has 2 rings (SSSR count). The summed E-state index contributed by atoms with van der Waals surface area (Å²) in [6, 6.07) is 15.8. The third-order valence-electron chi connectivity index (χ3n) is 2.92. The van der Waals surface area contributed by atoms with Gasteiger partial charge in [0.05, 0.1) is 12.8 Å². The molecule has 0 spiro atoms. The Morgan fingerprint density at radius 3 is 2.45 bits per heavy atom. The molecule has 102 valence electrons. The lowest BCUT2D eigenvalue weighted by Gasteiger charge is -2.07. The molecule has 3 nitrogen and oxygen atoms in total. The van der Waals surface area contributed by atoms with Gasteiger partial charge in [-0.05, 0) is 24.1 Å². The van der Waals surface area contributed by atoms with Crippen LogP contribution in [0.3, 0.4) is 0 Å². The van der Waals surface area contributed by atoms with Gasteiger partial charge in [-0.25, -0.2) is 4.79 Å². The van der Waals surface area contributed by atoms with Crippen molar-refractivity contribution in [1.82, 2.24) is 0 Å². The van der Waals surface area contributed by atoms with Crippen LogP contribution in [0.25, 0.3) is 12.2 Å². The van der Waals surface area contributed by atoms with E-state index in [1.54, 1.807) is 0 Å². The van der Waals surface area contributed by atoms with Crippen molar-refractivity contribution in [3.05, 3.63) is 65.2 Å². The van der Waals surface area contributed by atoms with Gasteiger partial charge in [0.15, 0.2) is 0 Å². The molecule has 1 N–H and O–H groups in total. The van der Waals surface area contributed by atoms with Crippen LogP contribution in [0, 0.1) is 6.92 Å². The Morgan fingerprint density at radius 2 is 1.75 bits per heavy atom. The van der Waals surface area contributed by atoms with E-state index in [9.17, 15) is 4.79 Å². The van der Waals surface area contributed by atoms with Crippen LogP contribution in [0.15, 0.2) is 48.5 Å². The van der Waals surface area contributed by atoms with Gasteiger partial charge in [0.25, 0.3) is 0 Å². The lowest BCUT2D eigenvalue weighted by Crippen LogP contribution is -2.11. The van der Waals surface area contributed by atoms with Gasteiger partial charge in [-0.2, -0.15) is 0 Å². The van der Waals surface area contributed by atoms with Gasteiger partial charge in [0, 0.05) is 0 Å². The monoisotopic (exact) mass is 267 g/mol. The maximum Gasteiger partial charge on any atom is 0.411 e. The first-order chi connectivity index (χ1) is 9.69. The van der Waals surface area contributed by atoms with Crippen molar-refractivity contribution in [2.75, 3.05) is 12.4 Å². The van der Waals surface area contributed by atoms with E-state index < -0.39 is 6.09 Å². The number of carbonyl (C=O) groups is 1.